The lowest BCUT2D eigenvalue weighted by atomic mass is 9.83. The first kappa shape index (κ1) is 18.6. The first-order chi connectivity index (χ1) is 14.0. The van der Waals surface area contributed by atoms with Gasteiger partial charge in [0.25, 0.3) is 0 Å². The number of carbonyl (C=O) groups excluding carboxylic acids is 1. The van der Waals surface area contributed by atoms with Gasteiger partial charge in [0.05, 0.1) is 18.8 Å². The molecule has 2 atom stereocenters. The predicted octanol–water partition coefficient (Wildman–Crippen LogP) is 1.38. The number of hydrogen-bond acceptors (Lipinski definition) is 5. The van der Waals surface area contributed by atoms with Gasteiger partial charge in [0.2, 0.25) is 5.88 Å². The zero-order chi connectivity index (χ0) is 20.2. The first-order valence-electron chi connectivity index (χ1n) is 9.84. The van der Waals surface area contributed by atoms with Gasteiger partial charge in [-0.1, -0.05) is 6.07 Å². The van der Waals surface area contributed by atoms with Crippen LogP contribution < -0.4 is 20.5 Å². The Hall–Kier alpha value is -2.43. The molecule has 154 valence electrons. The van der Waals surface area contributed by atoms with E-state index in [0.29, 0.717) is 19.0 Å². The average molecular weight is 417 g/mol. The van der Waals surface area contributed by atoms with Crippen molar-refractivity contribution >= 4 is 21.6 Å². The largest absolute Gasteiger partial charge is 0.475 e. The Morgan fingerprint density at radius 3 is 2.86 bits per heavy atom. The third-order valence-corrected chi connectivity index (χ3v) is 7.34. The molecular formula is C19H24N6O3S. The Bertz CT molecular complexity index is 1130. The van der Waals surface area contributed by atoms with Crippen LogP contribution in [0.5, 0.6) is 5.88 Å². The Balaban J connectivity index is 1.44. The van der Waals surface area contributed by atoms with Crippen LogP contribution in [-0.4, -0.2) is 39.7 Å². The van der Waals surface area contributed by atoms with E-state index in [1.54, 1.807) is 4.68 Å². The molecule has 10 heteroatoms. The van der Waals surface area contributed by atoms with Crippen molar-refractivity contribution in [1.82, 2.24) is 15.1 Å². The molecule has 3 aliphatic rings. The summed E-state index contributed by atoms with van der Waals surface area (Å²) in [5.74, 6) is 0.310. The second-order valence-electron chi connectivity index (χ2n) is 7.76. The molecule has 2 heterocycles. The van der Waals surface area contributed by atoms with E-state index in [2.05, 4.69) is 26.2 Å². The summed E-state index contributed by atoms with van der Waals surface area (Å²) in [5, 5.41) is 16.2. The van der Waals surface area contributed by atoms with Crippen molar-refractivity contribution in [3.63, 3.8) is 0 Å². The SMILES string of the molecule is CNC1COc2c(S(N)(=O)=NC(=O)Nc3c4c(cc5c3CC5)CCC4)cnn2C1. The summed E-state index contributed by atoms with van der Waals surface area (Å²) < 4.78 is 24.2. The highest BCUT2D eigenvalue weighted by molar-refractivity contribution is 7.91. The number of ether oxygens (including phenoxy) is 1. The highest BCUT2D eigenvalue weighted by Crippen LogP contribution is 2.39. The monoisotopic (exact) mass is 416 g/mol. The lowest BCUT2D eigenvalue weighted by Crippen LogP contribution is -2.40. The van der Waals surface area contributed by atoms with Crippen LogP contribution in [0.15, 0.2) is 21.5 Å². The van der Waals surface area contributed by atoms with Gasteiger partial charge in [-0.2, -0.15) is 5.10 Å². The highest BCUT2D eigenvalue weighted by atomic mass is 32.2. The molecule has 2 unspecified atom stereocenters. The molecule has 1 aromatic carbocycles. The molecule has 0 saturated heterocycles. The van der Waals surface area contributed by atoms with Crippen molar-refractivity contribution in [2.45, 2.75) is 49.6 Å². The molecule has 2 amide bonds. The van der Waals surface area contributed by atoms with E-state index in [-0.39, 0.29) is 10.9 Å². The van der Waals surface area contributed by atoms with Crippen LogP contribution in [-0.2, 0) is 42.1 Å². The highest BCUT2D eigenvalue weighted by Gasteiger charge is 2.29. The number of likely N-dealkylation sites (N-methyl/N-ethyl adjacent to an activating group) is 1. The molecule has 0 saturated carbocycles. The number of aryl methyl sites for hydroxylation is 2. The van der Waals surface area contributed by atoms with Gasteiger partial charge in [-0.05, 0) is 61.4 Å². The second kappa shape index (κ2) is 6.82. The Morgan fingerprint density at radius 2 is 2.10 bits per heavy atom. The number of nitrogens with two attached hydrogens (primary N) is 1. The van der Waals surface area contributed by atoms with Crippen molar-refractivity contribution < 1.29 is 13.7 Å². The molecule has 0 fully saturated rings. The zero-order valence-electron chi connectivity index (χ0n) is 16.2. The molecule has 5 rings (SSSR count). The lowest BCUT2D eigenvalue weighted by Gasteiger charge is -2.25. The molecule has 29 heavy (non-hydrogen) atoms. The first-order valence-corrected chi connectivity index (χ1v) is 11.4. The number of amides is 2. The molecule has 4 N–H and O–H groups in total. The number of nitrogens with zero attached hydrogens (tertiary/aromatic N) is 3. The Kier molecular flexibility index (Phi) is 4.37. The topological polar surface area (TPSA) is 124 Å². The summed E-state index contributed by atoms with van der Waals surface area (Å²) in [6.07, 6.45) is 6.40. The predicted molar refractivity (Wildman–Crippen MR) is 108 cm³/mol. The van der Waals surface area contributed by atoms with Gasteiger partial charge in [-0.3, -0.25) is 0 Å². The van der Waals surface area contributed by atoms with Gasteiger partial charge in [-0.25, -0.2) is 18.8 Å². The number of fused-ring (bicyclic) bond motifs is 3. The maximum Gasteiger partial charge on any atom is 0.354 e. The maximum atomic E-state index is 13.1. The van der Waals surface area contributed by atoms with E-state index in [1.165, 1.54) is 28.5 Å². The standard InChI is InChI=1S/C19H24N6O3S/c1-21-13-9-25-18(28-10-13)16(8-22-25)29(20,27)24-19(26)23-17-14-4-2-3-11(14)7-12-5-6-15(12)17/h7-8,13,21H,2-6,9-10H2,1H3,(H3,20,23,24,26,27). The van der Waals surface area contributed by atoms with Crippen LogP contribution >= 0.6 is 0 Å². The summed E-state index contributed by atoms with van der Waals surface area (Å²) in [4.78, 5) is 12.8. The zero-order valence-corrected chi connectivity index (χ0v) is 17.1. The third kappa shape index (κ3) is 3.11. The van der Waals surface area contributed by atoms with Crippen molar-refractivity contribution in [2.24, 2.45) is 9.50 Å². The number of urea groups is 1. The quantitative estimate of drug-likeness (QED) is 0.697. The molecular weight excluding hydrogens is 392 g/mol. The van der Waals surface area contributed by atoms with Crippen LogP contribution in [0.4, 0.5) is 10.5 Å². The van der Waals surface area contributed by atoms with Crippen LogP contribution in [0.2, 0.25) is 0 Å². The van der Waals surface area contributed by atoms with Crippen LogP contribution in [0, 0.1) is 0 Å². The fraction of sp³-hybridized carbons (Fsp3) is 0.474. The van der Waals surface area contributed by atoms with Gasteiger partial charge in [-0.15, -0.1) is 4.36 Å². The molecule has 2 aliphatic carbocycles. The van der Waals surface area contributed by atoms with E-state index >= 15 is 0 Å². The van der Waals surface area contributed by atoms with E-state index in [1.807, 2.05) is 7.05 Å². The van der Waals surface area contributed by atoms with Gasteiger partial charge in [0.1, 0.15) is 11.5 Å². The molecule has 1 aromatic heterocycles. The minimum atomic E-state index is -3.49. The van der Waals surface area contributed by atoms with Crippen molar-refractivity contribution in [1.29, 1.82) is 0 Å². The fourth-order valence-electron chi connectivity index (χ4n) is 4.35. The Labute approximate surface area is 169 Å². The van der Waals surface area contributed by atoms with Crippen LogP contribution in [0.3, 0.4) is 0 Å². The molecule has 2 aromatic rings. The maximum absolute atomic E-state index is 13.1. The summed E-state index contributed by atoms with van der Waals surface area (Å²) in [6, 6.07) is 1.66. The van der Waals surface area contributed by atoms with Crippen molar-refractivity contribution in [2.75, 3.05) is 19.0 Å². The van der Waals surface area contributed by atoms with Gasteiger partial charge >= 0.3 is 6.03 Å². The molecule has 9 nitrogen and oxygen atoms in total. The summed E-state index contributed by atoms with van der Waals surface area (Å²) in [7, 11) is -1.65. The van der Waals surface area contributed by atoms with Gasteiger partial charge in [0.15, 0.2) is 9.92 Å². The van der Waals surface area contributed by atoms with Crippen LogP contribution in [0.1, 0.15) is 28.7 Å². The Morgan fingerprint density at radius 1 is 1.31 bits per heavy atom. The number of benzene rings is 1. The lowest BCUT2D eigenvalue weighted by molar-refractivity contribution is 0.184. The fourth-order valence-corrected chi connectivity index (χ4v) is 5.35. The molecule has 0 bridgehead atoms. The van der Waals surface area contributed by atoms with Crippen molar-refractivity contribution in [3.8, 4) is 5.88 Å². The second-order valence-corrected chi connectivity index (χ2v) is 9.52. The van der Waals surface area contributed by atoms with Crippen molar-refractivity contribution in [3.05, 3.63) is 34.5 Å². The van der Waals surface area contributed by atoms with Gasteiger partial charge < -0.3 is 15.4 Å². The molecule has 0 spiro atoms. The van der Waals surface area contributed by atoms with E-state index in [9.17, 15) is 9.00 Å². The minimum absolute atomic E-state index is 0.0997. The summed E-state index contributed by atoms with van der Waals surface area (Å²) in [5.41, 5.74) is 5.77. The number of hydrogen-bond donors (Lipinski definition) is 3. The number of carbonyl (C=O) groups is 1. The van der Waals surface area contributed by atoms with Gasteiger partial charge in [0, 0.05) is 5.69 Å². The summed E-state index contributed by atoms with van der Waals surface area (Å²) >= 11 is 0. The van der Waals surface area contributed by atoms with E-state index in [0.717, 1.165) is 37.8 Å². The normalized spacial score (nSPS) is 21.1. The smallest absolute Gasteiger partial charge is 0.354 e. The summed E-state index contributed by atoms with van der Waals surface area (Å²) in [6.45, 7) is 0.967. The third-order valence-electron chi connectivity index (χ3n) is 5.99. The van der Waals surface area contributed by atoms with E-state index < -0.39 is 15.9 Å². The number of aromatic nitrogens is 2. The van der Waals surface area contributed by atoms with E-state index in [4.69, 9.17) is 9.88 Å². The minimum Gasteiger partial charge on any atom is -0.475 e. The van der Waals surface area contributed by atoms with Crippen LogP contribution in [0.25, 0.3) is 0 Å². The average Bonchev–Trinajstić information content (AvgIpc) is 3.30. The molecule has 1 aliphatic heterocycles. The number of rotatable bonds is 3. The number of nitrogens with one attached hydrogen (secondary N) is 2. The number of anilines is 1. The molecule has 0 radical (unpaired) electrons.